The van der Waals surface area contributed by atoms with Crippen LogP contribution in [0.25, 0.3) is 0 Å². The highest BCUT2D eigenvalue weighted by Crippen LogP contribution is 2.21. The number of hydrogen-bond acceptors (Lipinski definition) is 3. The van der Waals surface area contributed by atoms with Crippen molar-refractivity contribution in [2.75, 3.05) is 20.1 Å². The monoisotopic (exact) mass is 303 g/mol. The zero-order chi connectivity index (χ0) is 16.1. The summed E-state index contributed by atoms with van der Waals surface area (Å²) in [5.74, 6) is 0.237. The van der Waals surface area contributed by atoms with Gasteiger partial charge in [0.25, 0.3) is 0 Å². The lowest BCUT2D eigenvalue weighted by molar-refractivity contribution is -0.132. The molecule has 22 heavy (non-hydrogen) atoms. The van der Waals surface area contributed by atoms with Crippen molar-refractivity contribution in [2.45, 2.75) is 45.3 Å². The first kappa shape index (κ1) is 17.0. The maximum absolute atomic E-state index is 12.3. The fraction of sp³-hybridized carbons (Fsp3) is 0.611. The molecule has 0 aliphatic carbocycles. The molecule has 4 nitrogen and oxygen atoms in total. The molecule has 1 heterocycles. The van der Waals surface area contributed by atoms with E-state index in [2.05, 4.69) is 29.2 Å². The Morgan fingerprint density at radius 1 is 1.36 bits per heavy atom. The van der Waals surface area contributed by atoms with Crippen LogP contribution in [0.4, 0.5) is 0 Å². The Kier molecular flexibility index (Phi) is 5.98. The standard InChI is InChI=1S/C18H29N3O/c1-14(2)17(19)18(22)20(3)13-16-10-7-11-21(16)12-15-8-5-4-6-9-15/h4-6,8-9,14,16-17H,7,10-13,19H2,1-3H3. The fourth-order valence-corrected chi connectivity index (χ4v) is 3.07. The van der Waals surface area contributed by atoms with Gasteiger partial charge in [-0.3, -0.25) is 9.69 Å². The molecule has 0 radical (unpaired) electrons. The molecule has 2 unspecified atom stereocenters. The lowest BCUT2D eigenvalue weighted by Crippen LogP contribution is -2.48. The average Bonchev–Trinajstić information content (AvgIpc) is 2.93. The smallest absolute Gasteiger partial charge is 0.239 e. The number of likely N-dealkylation sites (N-methyl/N-ethyl adjacent to an activating group) is 1. The van der Waals surface area contributed by atoms with E-state index in [-0.39, 0.29) is 11.8 Å². The molecule has 4 heteroatoms. The SMILES string of the molecule is CC(C)C(N)C(=O)N(C)CC1CCCN1Cc1ccccc1. The number of carbonyl (C=O) groups is 1. The Balaban J connectivity index is 1.92. The molecule has 2 rings (SSSR count). The first-order valence-electron chi connectivity index (χ1n) is 8.27. The molecule has 1 saturated heterocycles. The molecule has 0 spiro atoms. The molecule has 0 bridgehead atoms. The van der Waals surface area contributed by atoms with E-state index in [0.29, 0.717) is 6.04 Å². The number of likely N-dealkylation sites (tertiary alicyclic amines) is 1. The summed E-state index contributed by atoms with van der Waals surface area (Å²) in [5, 5.41) is 0. The van der Waals surface area contributed by atoms with Gasteiger partial charge in [0.1, 0.15) is 0 Å². The quantitative estimate of drug-likeness (QED) is 0.875. The molecule has 0 aromatic heterocycles. The normalized spacial score (nSPS) is 20.3. The lowest BCUT2D eigenvalue weighted by atomic mass is 10.0. The first-order valence-corrected chi connectivity index (χ1v) is 8.27. The molecule has 2 N–H and O–H groups in total. The van der Waals surface area contributed by atoms with Crippen molar-refractivity contribution in [3.8, 4) is 0 Å². The van der Waals surface area contributed by atoms with Crippen LogP contribution in [0.15, 0.2) is 30.3 Å². The van der Waals surface area contributed by atoms with Crippen LogP contribution in [0.1, 0.15) is 32.3 Å². The summed E-state index contributed by atoms with van der Waals surface area (Å²) in [7, 11) is 1.88. The highest BCUT2D eigenvalue weighted by atomic mass is 16.2. The van der Waals surface area contributed by atoms with Gasteiger partial charge in [-0.2, -0.15) is 0 Å². The first-order chi connectivity index (χ1) is 10.5. The van der Waals surface area contributed by atoms with Crippen LogP contribution in [0, 0.1) is 5.92 Å². The maximum atomic E-state index is 12.3. The van der Waals surface area contributed by atoms with Crippen molar-refractivity contribution < 1.29 is 4.79 Å². The van der Waals surface area contributed by atoms with Crippen LogP contribution in [-0.2, 0) is 11.3 Å². The molecule has 122 valence electrons. The summed E-state index contributed by atoms with van der Waals surface area (Å²) in [4.78, 5) is 16.6. The van der Waals surface area contributed by atoms with Crippen LogP contribution in [0.3, 0.4) is 0 Å². The Morgan fingerprint density at radius 2 is 2.05 bits per heavy atom. The van der Waals surface area contributed by atoms with Crippen molar-refractivity contribution in [1.82, 2.24) is 9.80 Å². The van der Waals surface area contributed by atoms with Gasteiger partial charge in [0.05, 0.1) is 6.04 Å². The van der Waals surface area contributed by atoms with E-state index in [0.717, 1.165) is 26.1 Å². The van der Waals surface area contributed by atoms with Gasteiger partial charge in [0.2, 0.25) is 5.91 Å². The molecule has 1 amide bonds. The number of amides is 1. The van der Waals surface area contributed by atoms with Crippen molar-refractivity contribution in [1.29, 1.82) is 0 Å². The lowest BCUT2D eigenvalue weighted by Gasteiger charge is -2.30. The summed E-state index contributed by atoms with van der Waals surface area (Å²) < 4.78 is 0. The van der Waals surface area contributed by atoms with E-state index in [1.165, 1.54) is 12.0 Å². The van der Waals surface area contributed by atoms with Gasteiger partial charge in [0.15, 0.2) is 0 Å². The third kappa shape index (κ3) is 4.31. The van der Waals surface area contributed by atoms with E-state index in [1.54, 1.807) is 0 Å². The number of rotatable bonds is 6. The number of carbonyl (C=O) groups excluding carboxylic acids is 1. The molecule has 1 aromatic rings. The summed E-state index contributed by atoms with van der Waals surface area (Å²) >= 11 is 0. The maximum Gasteiger partial charge on any atom is 0.239 e. The highest BCUT2D eigenvalue weighted by Gasteiger charge is 2.28. The zero-order valence-corrected chi connectivity index (χ0v) is 14.0. The van der Waals surface area contributed by atoms with Crippen LogP contribution < -0.4 is 5.73 Å². The van der Waals surface area contributed by atoms with Gasteiger partial charge in [0, 0.05) is 26.2 Å². The molecular weight excluding hydrogens is 274 g/mol. The van der Waals surface area contributed by atoms with E-state index < -0.39 is 6.04 Å². The van der Waals surface area contributed by atoms with Crippen LogP contribution in [0.5, 0.6) is 0 Å². The topological polar surface area (TPSA) is 49.6 Å². The van der Waals surface area contributed by atoms with Crippen molar-refractivity contribution in [2.24, 2.45) is 11.7 Å². The molecule has 1 fully saturated rings. The summed E-state index contributed by atoms with van der Waals surface area (Å²) in [6.45, 7) is 6.83. The summed E-state index contributed by atoms with van der Waals surface area (Å²) in [6.07, 6.45) is 2.36. The fourth-order valence-electron chi connectivity index (χ4n) is 3.07. The van der Waals surface area contributed by atoms with E-state index in [4.69, 9.17) is 5.73 Å². The Hall–Kier alpha value is -1.39. The summed E-state index contributed by atoms with van der Waals surface area (Å²) in [6, 6.07) is 10.6. The van der Waals surface area contributed by atoms with E-state index >= 15 is 0 Å². The summed E-state index contributed by atoms with van der Waals surface area (Å²) in [5.41, 5.74) is 7.32. The minimum absolute atomic E-state index is 0.0570. The van der Waals surface area contributed by atoms with Crippen LogP contribution in [-0.4, -0.2) is 47.9 Å². The Bertz CT molecular complexity index is 474. The van der Waals surface area contributed by atoms with Gasteiger partial charge in [-0.05, 0) is 30.9 Å². The van der Waals surface area contributed by atoms with Crippen LogP contribution in [0.2, 0.25) is 0 Å². The van der Waals surface area contributed by atoms with Gasteiger partial charge >= 0.3 is 0 Å². The third-order valence-electron chi connectivity index (χ3n) is 4.59. The van der Waals surface area contributed by atoms with E-state index in [9.17, 15) is 4.79 Å². The van der Waals surface area contributed by atoms with Crippen molar-refractivity contribution in [3.05, 3.63) is 35.9 Å². The van der Waals surface area contributed by atoms with Crippen LogP contribution >= 0.6 is 0 Å². The minimum atomic E-state index is -0.394. The molecule has 1 aromatic carbocycles. The number of nitrogens with zero attached hydrogens (tertiary/aromatic N) is 2. The third-order valence-corrected chi connectivity index (χ3v) is 4.59. The molecule has 1 aliphatic heterocycles. The van der Waals surface area contributed by atoms with Crippen molar-refractivity contribution in [3.63, 3.8) is 0 Å². The second-order valence-corrected chi connectivity index (χ2v) is 6.74. The zero-order valence-electron chi connectivity index (χ0n) is 14.0. The number of benzene rings is 1. The number of nitrogens with two attached hydrogens (primary N) is 1. The Morgan fingerprint density at radius 3 is 2.68 bits per heavy atom. The van der Waals surface area contributed by atoms with Crippen molar-refractivity contribution >= 4 is 5.91 Å². The average molecular weight is 303 g/mol. The molecule has 2 atom stereocenters. The second kappa shape index (κ2) is 7.75. The van der Waals surface area contributed by atoms with E-state index in [1.807, 2.05) is 31.9 Å². The van der Waals surface area contributed by atoms with Gasteiger partial charge in [-0.1, -0.05) is 44.2 Å². The predicted octanol–water partition coefficient (Wildman–Crippen LogP) is 2.09. The van der Waals surface area contributed by atoms with Gasteiger partial charge < -0.3 is 10.6 Å². The Labute approximate surface area is 134 Å². The largest absolute Gasteiger partial charge is 0.343 e. The minimum Gasteiger partial charge on any atom is -0.343 e. The van der Waals surface area contributed by atoms with Gasteiger partial charge in [-0.15, -0.1) is 0 Å². The molecule has 1 aliphatic rings. The number of hydrogen-bond donors (Lipinski definition) is 1. The molecule has 0 saturated carbocycles. The second-order valence-electron chi connectivity index (χ2n) is 6.74. The van der Waals surface area contributed by atoms with Gasteiger partial charge in [-0.25, -0.2) is 0 Å². The highest BCUT2D eigenvalue weighted by molar-refractivity contribution is 5.81. The molecular formula is C18H29N3O. The predicted molar refractivity (Wildman–Crippen MR) is 90.3 cm³/mol.